The molecule has 1 aromatic rings. The number of hydrogen-bond donors (Lipinski definition) is 2. The Balaban J connectivity index is 2.98. The highest BCUT2D eigenvalue weighted by Crippen LogP contribution is 2.13. The molecule has 2 N–H and O–H groups in total. The molecule has 0 aliphatic carbocycles. The lowest BCUT2D eigenvalue weighted by atomic mass is 10.0. The fourth-order valence-electron chi connectivity index (χ4n) is 1.88. The van der Waals surface area contributed by atoms with E-state index in [1.54, 1.807) is 26.0 Å². The van der Waals surface area contributed by atoms with Crippen molar-refractivity contribution in [2.45, 2.75) is 45.2 Å². The van der Waals surface area contributed by atoms with Gasteiger partial charge in [0.1, 0.15) is 11.6 Å². The van der Waals surface area contributed by atoms with Crippen molar-refractivity contribution >= 4 is 11.9 Å². The summed E-state index contributed by atoms with van der Waals surface area (Å²) in [4.78, 5) is 35.1. The van der Waals surface area contributed by atoms with Gasteiger partial charge in [0.15, 0.2) is 0 Å². The van der Waals surface area contributed by atoms with Gasteiger partial charge in [-0.25, -0.2) is 4.79 Å². The van der Waals surface area contributed by atoms with Crippen LogP contribution in [0.4, 0.5) is 0 Å². The molecule has 0 saturated heterocycles. The minimum atomic E-state index is -1.15. The van der Waals surface area contributed by atoms with E-state index < -0.39 is 23.5 Å². The van der Waals surface area contributed by atoms with E-state index in [2.05, 4.69) is 5.32 Å². The third-order valence-corrected chi connectivity index (χ3v) is 3.16. The van der Waals surface area contributed by atoms with Crippen LogP contribution in [-0.2, 0) is 15.1 Å². The Morgan fingerprint density at radius 2 is 2.05 bits per heavy atom. The smallest absolute Gasteiger partial charge is 0.326 e. The minimum absolute atomic E-state index is 0.310. The molecule has 0 aliphatic rings. The molecule has 0 spiro atoms. The lowest BCUT2D eigenvalue weighted by Gasteiger charge is -2.28. The first-order valence-corrected chi connectivity index (χ1v) is 6.52. The molecule has 1 amide bonds. The maximum Gasteiger partial charge on any atom is 0.326 e. The number of nitrogens with zero attached hydrogens (tertiary/aromatic N) is 1. The lowest BCUT2D eigenvalue weighted by Crippen LogP contribution is -2.52. The molecule has 1 rings (SSSR count). The fourth-order valence-corrected chi connectivity index (χ4v) is 1.88. The largest absolute Gasteiger partial charge is 0.480 e. The monoisotopic (exact) mass is 280 g/mol. The van der Waals surface area contributed by atoms with Crippen molar-refractivity contribution in [3.05, 3.63) is 34.7 Å². The van der Waals surface area contributed by atoms with Crippen molar-refractivity contribution in [2.75, 3.05) is 0 Å². The second kappa shape index (κ2) is 6.36. The molecule has 1 atom stereocenters. The van der Waals surface area contributed by atoms with Crippen molar-refractivity contribution in [3.8, 4) is 0 Å². The zero-order chi connectivity index (χ0) is 15.3. The Bertz CT molecular complexity index is 548. The first-order valence-electron chi connectivity index (χ1n) is 6.52. The highest BCUT2D eigenvalue weighted by Gasteiger charge is 2.33. The van der Waals surface area contributed by atoms with Crippen molar-refractivity contribution in [1.82, 2.24) is 9.88 Å². The van der Waals surface area contributed by atoms with E-state index in [1.165, 1.54) is 16.8 Å². The first kappa shape index (κ1) is 15.9. The van der Waals surface area contributed by atoms with E-state index in [0.29, 0.717) is 12.8 Å². The topological polar surface area (TPSA) is 88.4 Å². The molecule has 20 heavy (non-hydrogen) atoms. The molecule has 1 aromatic heterocycles. The molecule has 0 fully saturated rings. The summed E-state index contributed by atoms with van der Waals surface area (Å²) >= 11 is 0. The average molecular weight is 280 g/mol. The predicted molar refractivity (Wildman–Crippen MR) is 74.5 cm³/mol. The van der Waals surface area contributed by atoms with Crippen LogP contribution in [0.1, 0.15) is 33.6 Å². The summed E-state index contributed by atoms with van der Waals surface area (Å²) in [6.45, 7) is 5.00. The maximum absolute atomic E-state index is 12.3. The number of carboxylic acids is 1. The van der Waals surface area contributed by atoms with Gasteiger partial charge in [0.25, 0.3) is 5.56 Å². The molecule has 6 heteroatoms. The van der Waals surface area contributed by atoms with Gasteiger partial charge in [0.2, 0.25) is 5.91 Å². The first-order chi connectivity index (χ1) is 9.30. The number of carbonyl (C=O) groups is 2. The van der Waals surface area contributed by atoms with Gasteiger partial charge in [-0.1, -0.05) is 19.4 Å². The quantitative estimate of drug-likeness (QED) is 0.812. The number of aliphatic carboxylic acids is 1. The predicted octanol–water partition coefficient (Wildman–Crippen LogP) is 0.953. The standard InChI is InChI=1S/C14H20N2O4/c1-4-7-10(12(18)19)15-13(20)14(2,3)16-9-6-5-8-11(16)17/h5-6,8-10H,4,7H2,1-3H3,(H,15,20)(H,18,19). The summed E-state index contributed by atoms with van der Waals surface area (Å²) < 4.78 is 1.28. The van der Waals surface area contributed by atoms with Gasteiger partial charge in [-0.15, -0.1) is 0 Å². The highest BCUT2D eigenvalue weighted by molar-refractivity contribution is 5.88. The molecule has 6 nitrogen and oxygen atoms in total. The molecule has 1 heterocycles. The molecular weight excluding hydrogens is 260 g/mol. The molecule has 0 radical (unpaired) electrons. The summed E-state index contributed by atoms with van der Waals surface area (Å²) in [5.41, 5.74) is -1.46. The van der Waals surface area contributed by atoms with Crippen LogP contribution in [0.15, 0.2) is 29.2 Å². The van der Waals surface area contributed by atoms with Crippen LogP contribution in [0, 0.1) is 0 Å². The number of rotatable bonds is 6. The van der Waals surface area contributed by atoms with E-state index in [4.69, 9.17) is 5.11 Å². The maximum atomic E-state index is 12.3. The average Bonchev–Trinajstić information content (AvgIpc) is 2.38. The molecule has 0 aromatic carbocycles. The number of hydrogen-bond acceptors (Lipinski definition) is 3. The summed E-state index contributed by atoms with van der Waals surface area (Å²) in [7, 11) is 0. The molecule has 110 valence electrons. The summed E-state index contributed by atoms with van der Waals surface area (Å²) in [5, 5.41) is 11.5. The normalized spacial score (nSPS) is 12.8. The van der Waals surface area contributed by atoms with Crippen LogP contribution >= 0.6 is 0 Å². The van der Waals surface area contributed by atoms with Crippen molar-refractivity contribution in [3.63, 3.8) is 0 Å². The zero-order valence-corrected chi connectivity index (χ0v) is 11.9. The molecular formula is C14H20N2O4. The zero-order valence-electron chi connectivity index (χ0n) is 11.9. The minimum Gasteiger partial charge on any atom is -0.480 e. The Hall–Kier alpha value is -2.11. The van der Waals surface area contributed by atoms with Crippen LogP contribution in [0.5, 0.6) is 0 Å². The molecule has 0 aliphatic heterocycles. The molecule has 1 unspecified atom stereocenters. The van der Waals surface area contributed by atoms with Crippen LogP contribution < -0.4 is 10.9 Å². The van der Waals surface area contributed by atoms with Crippen LogP contribution in [0.3, 0.4) is 0 Å². The van der Waals surface area contributed by atoms with E-state index in [1.807, 2.05) is 6.92 Å². The second-order valence-corrected chi connectivity index (χ2v) is 5.12. The molecule has 0 saturated carbocycles. The number of amides is 1. The third kappa shape index (κ3) is 3.46. The van der Waals surface area contributed by atoms with Gasteiger partial charge < -0.3 is 15.0 Å². The number of aromatic nitrogens is 1. The van der Waals surface area contributed by atoms with E-state index in [-0.39, 0.29) is 5.56 Å². The SMILES string of the molecule is CCCC(NC(=O)C(C)(C)n1ccccc1=O)C(=O)O. The Morgan fingerprint density at radius 3 is 2.55 bits per heavy atom. The van der Waals surface area contributed by atoms with E-state index in [0.717, 1.165) is 0 Å². The number of carboxylic acid groups (broad SMARTS) is 1. The molecule has 0 bridgehead atoms. The number of nitrogens with one attached hydrogen (secondary N) is 1. The Morgan fingerprint density at radius 1 is 1.40 bits per heavy atom. The lowest BCUT2D eigenvalue weighted by molar-refractivity contribution is -0.143. The summed E-state index contributed by atoms with van der Waals surface area (Å²) in [6, 6.07) is 3.66. The van der Waals surface area contributed by atoms with Crippen molar-refractivity contribution in [2.24, 2.45) is 0 Å². The third-order valence-electron chi connectivity index (χ3n) is 3.16. The second-order valence-electron chi connectivity index (χ2n) is 5.12. The van der Waals surface area contributed by atoms with Crippen molar-refractivity contribution in [1.29, 1.82) is 0 Å². The highest BCUT2D eigenvalue weighted by atomic mass is 16.4. The van der Waals surface area contributed by atoms with Gasteiger partial charge in [-0.3, -0.25) is 9.59 Å². The van der Waals surface area contributed by atoms with E-state index >= 15 is 0 Å². The van der Waals surface area contributed by atoms with E-state index in [9.17, 15) is 14.4 Å². The van der Waals surface area contributed by atoms with Crippen LogP contribution in [0.2, 0.25) is 0 Å². The van der Waals surface area contributed by atoms with Crippen molar-refractivity contribution < 1.29 is 14.7 Å². The fraction of sp³-hybridized carbons (Fsp3) is 0.500. The van der Waals surface area contributed by atoms with Gasteiger partial charge >= 0.3 is 5.97 Å². The van der Waals surface area contributed by atoms with Gasteiger partial charge in [0, 0.05) is 12.3 Å². The van der Waals surface area contributed by atoms with Crippen LogP contribution in [-0.4, -0.2) is 27.6 Å². The Kier molecular flexibility index (Phi) is 5.07. The van der Waals surface area contributed by atoms with Gasteiger partial charge in [-0.05, 0) is 26.3 Å². The number of pyridine rings is 1. The Labute approximate surface area is 117 Å². The number of carbonyl (C=O) groups excluding carboxylic acids is 1. The van der Waals surface area contributed by atoms with Crippen LogP contribution in [0.25, 0.3) is 0 Å². The van der Waals surface area contributed by atoms with Gasteiger partial charge in [-0.2, -0.15) is 0 Å². The van der Waals surface area contributed by atoms with Gasteiger partial charge in [0.05, 0.1) is 0 Å². The summed E-state index contributed by atoms with van der Waals surface area (Å²) in [6.07, 6.45) is 2.50. The summed E-state index contributed by atoms with van der Waals surface area (Å²) in [5.74, 6) is -1.57.